The molecule has 0 saturated carbocycles. The summed E-state index contributed by atoms with van der Waals surface area (Å²) < 4.78 is 0. The van der Waals surface area contributed by atoms with Crippen LogP contribution in [0.15, 0.2) is 77.2 Å². The fourth-order valence-corrected chi connectivity index (χ4v) is 4.05. The van der Waals surface area contributed by atoms with Crippen LogP contribution in [0, 0.1) is 5.92 Å². The van der Waals surface area contributed by atoms with Crippen LogP contribution in [-0.4, -0.2) is 15.8 Å². The van der Waals surface area contributed by atoms with E-state index in [0.29, 0.717) is 11.8 Å². The second kappa shape index (κ2) is 9.09. The molecule has 4 nitrogen and oxygen atoms in total. The predicted molar refractivity (Wildman–Crippen MR) is 127 cm³/mol. The molecule has 5 heteroatoms. The van der Waals surface area contributed by atoms with Gasteiger partial charge in [0, 0.05) is 12.0 Å². The summed E-state index contributed by atoms with van der Waals surface area (Å²) >= 11 is 1.59. The van der Waals surface area contributed by atoms with Crippen LogP contribution in [0.2, 0.25) is 0 Å². The Hall–Kier alpha value is -3.18. The highest BCUT2D eigenvalue weighted by Gasteiger charge is 2.07. The monoisotopic (exact) mass is 414 g/mol. The van der Waals surface area contributed by atoms with Crippen molar-refractivity contribution in [3.63, 3.8) is 0 Å². The molecule has 30 heavy (non-hydrogen) atoms. The van der Waals surface area contributed by atoms with Crippen molar-refractivity contribution >= 4 is 22.9 Å². The highest BCUT2D eigenvalue weighted by atomic mass is 32.1. The summed E-state index contributed by atoms with van der Waals surface area (Å²) in [6.45, 7) is 4.49. The summed E-state index contributed by atoms with van der Waals surface area (Å²) in [4.78, 5) is 13.6. The fraction of sp³-hybridized carbons (Fsp3) is 0.200. The van der Waals surface area contributed by atoms with Gasteiger partial charge < -0.3 is 10.7 Å². The molecule has 4 aromatic rings. The van der Waals surface area contributed by atoms with E-state index < -0.39 is 0 Å². The number of hydrogen-bond donors (Lipinski definition) is 2. The molecule has 0 aliphatic carbocycles. The Kier molecular flexibility index (Phi) is 6.10. The van der Waals surface area contributed by atoms with Crippen LogP contribution in [0.4, 0.5) is 5.69 Å². The number of amidine groups is 1. The van der Waals surface area contributed by atoms with Gasteiger partial charge in [0.2, 0.25) is 0 Å². The second-order valence-electron chi connectivity index (χ2n) is 7.86. The smallest absolute Gasteiger partial charge is 0.141 e. The van der Waals surface area contributed by atoms with Gasteiger partial charge in [-0.05, 0) is 47.0 Å². The van der Waals surface area contributed by atoms with E-state index in [0.717, 1.165) is 40.5 Å². The van der Waals surface area contributed by atoms with E-state index in [1.54, 1.807) is 11.3 Å². The molecule has 2 aromatic heterocycles. The normalized spacial score (nSPS) is 11.9. The van der Waals surface area contributed by atoms with Gasteiger partial charge >= 0.3 is 0 Å². The van der Waals surface area contributed by atoms with E-state index >= 15 is 0 Å². The number of H-pyrrole nitrogens is 1. The number of aromatic nitrogens is 2. The fourth-order valence-electron chi connectivity index (χ4n) is 3.42. The third-order valence-electron chi connectivity index (χ3n) is 4.85. The lowest BCUT2D eigenvalue weighted by Crippen LogP contribution is -2.10. The number of aliphatic imine (C=N–C) groups is 1. The molecule has 0 bridgehead atoms. The van der Waals surface area contributed by atoms with Gasteiger partial charge in [0.15, 0.2) is 0 Å². The van der Waals surface area contributed by atoms with Gasteiger partial charge in [0.25, 0.3) is 0 Å². The first kappa shape index (κ1) is 20.1. The summed E-state index contributed by atoms with van der Waals surface area (Å²) in [5.74, 6) is 2.16. The standard InChI is InChI=1S/C25H26N4S/c1-17(2)13-18-8-10-19(11-9-18)14-24-27-16-22(29-24)20-5-3-6-21(15-20)28-25(26)23-7-4-12-30-23/h3-12,15-17H,13-14H2,1-2H3,(H2,26,28)(H,27,29). The van der Waals surface area contributed by atoms with Crippen molar-refractivity contribution < 1.29 is 0 Å². The van der Waals surface area contributed by atoms with Crippen LogP contribution in [0.3, 0.4) is 0 Å². The minimum atomic E-state index is 0.536. The van der Waals surface area contributed by atoms with Crippen LogP contribution in [-0.2, 0) is 12.8 Å². The van der Waals surface area contributed by atoms with Crippen molar-refractivity contribution in [2.45, 2.75) is 26.7 Å². The first-order valence-corrected chi connectivity index (χ1v) is 11.0. The van der Waals surface area contributed by atoms with Crippen LogP contribution >= 0.6 is 11.3 Å². The van der Waals surface area contributed by atoms with E-state index in [2.05, 4.69) is 59.1 Å². The van der Waals surface area contributed by atoms with Crippen molar-refractivity contribution in [3.05, 3.63) is 94.1 Å². The summed E-state index contributed by atoms with van der Waals surface area (Å²) in [7, 11) is 0. The van der Waals surface area contributed by atoms with Gasteiger partial charge in [-0.25, -0.2) is 9.98 Å². The molecular formula is C25H26N4S. The van der Waals surface area contributed by atoms with Gasteiger partial charge in [-0.15, -0.1) is 11.3 Å². The van der Waals surface area contributed by atoms with Crippen LogP contribution < -0.4 is 5.73 Å². The van der Waals surface area contributed by atoms with Crippen molar-refractivity contribution in [2.24, 2.45) is 16.6 Å². The molecule has 0 radical (unpaired) electrons. The molecule has 4 rings (SSSR count). The summed E-state index contributed by atoms with van der Waals surface area (Å²) in [5.41, 5.74) is 11.6. The quantitative estimate of drug-likeness (QED) is 0.289. The highest BCUT2D eigenvalue weighted by molar-refractivity contribution is 7.12. The zero-order valence-corrected chi connectivity index (χ0v) is 18.1. The average molecular weight is 415 g/mol. The van der Waals surface area contributed by atoms with Crippen LogP contribution in [0.5, 0.6) is 0 Å². The highest BCUT2D eigenvalue weighted by Crippen LogP contribution is 2.24. The number of rotatable bonds is 7. The molecule has 0 aliphatic heterocycles. The van der Waals surface area contributed by atoms with E-state index in [4.69, 9.17) is 5.73 Å². The lowest BCUT2D eigenvalue weighted by Gasteiger charge is -2.06. The Morgan fingerprint density at radius 3 is 2.60 bits per heavy atom. The molecule has 0 atom stereocenters. The first-order chi connectivity index (χ1) is 14.6. The molecule has 2 heterocycles. The predicted octanol–water partition coefficient (Wildman–Crippen LogP) is 5.96. The van der Waals surface area contributed by atoms with Gasteiger partial charge in [-0.1, -0.05) is 56.3 Å². The molecule has 0 aliphatic rings. The molecule has 0 fully saturated rings. The summed E-state index contributed by atoms with van der Waals surface area (Å²) in [6.07, 6.45) is 3.78. The van der Waals surface area contributed by atoms with Crippen LogP contribution in [0.1, 0.15) is 35.7 Å². The zero-order chi connectivity index (χ0) is 20.9. The van der Waals surface area contributed by atoms with E-state index in [-0.39, 0.29) is 0 Å². The minimum absolute atomic E-state index is 0.536. The van der Waals surface area contributed by atoms with E-state index in [1.165, 1.54) is 11.1 Å². The van der Waals surface area contributed by atoms with Gasteiger partial charge in [-0.2, -0.15) is 0 Å². The Bertz CT molecular complexity index is 1120. The third kappa shape index (κ3) is 5.05. The Morgan fingerprint density at radius 1 is 1.07 bits per heavy atom. The van der Waals surface area contributed by atoms with Crippen LogP contribution in [0.25, 0.3) is 11.3 Å². The average Bonchev–Trinajstić information content (AvgIpc) is 3.42. The number of benzene rings is 2. The maximum Gasteiger partial charge on any atom is 0.141 e. The second-order valence-corrected chi connectivity index (χ2v) is 8.81. The number of nitrogens with zero attached hydrogens (tertiary/aromatic N) is 2. The number of aromatic amines is 1. The Balaban J connectivity index is 1.48. The Morgan fingerprint density at radius 2 is 1.87 bits per heavy atom. The first-order valence-electron chi connectivity index (χ1n) is 10.2. The number of imidazole rings is 1. The van der Waals surface area contributed by atoms with Gasteiger partial charge in [0.05, 0.1) is 22.5 Å². The molecule has 0 unspecified atom stereocenters. The topological polar surface area (TPSA) is 67.1 Å². The molecule has 152 valence electrons. The summed E-state index contributed by atoms with van der Waals surface area (Å²) in [5, 5.41) is 2.00. The van der Waals surface area contributed by atoms with E-state index in [1.807, 2.05) is 41.9 Å². The lowest BCUT2D eigenvalue weighted by atomic mass is 10.0. The molecular weight excluding hydrogens is 388 g/mol. The largest absolute Gasteiger partial charge is 0.383 e. The molecule has 0 amide bonds. The maximum absolute atomic E-state index is 6.13. The molecule has 3 N–H and O–H groups in total. The number of hydrogen-bond acceptors (Lipinski definition) is 3. The minimum Gasteiger partial charge on any atom is -0.383 e. The van der Waals surface area contributed by atoms with Crippen molar-refractivity contribution in [3.8, 4) is 11.3 Å². The zero-order valence-electron chi connectivity index (χ0n) is 17.3. The van der Waals surface area contributed by atoms with Gasteiger partial charge in [0.1, 0.15) is 11.7 Å². The molecule has 2 aromatic carbocycles. The van der Waals surface area contributed by atoms with E-state index in [9.17, 15) is 0 Å². The number of nitrogens with one attached hydrogen (secondary N) is 1. The van der Waals surface area contributed by atoms with Crippen molar-refractivity contribution in [2.75, 3.05) is 0 Å². The Labute approximate surface area is 181 Å². The lowest BCUT2D eigenvalue weighted by molar-refractivity contribution is 0.647. The molecule has 0 saturated heterocycles. The summed E-state index contributed by atoms with van der Waals surface area (Å²) in [6, 6.07) is 20.8. The van der Waals surface area contributed by atoms with Crippen molar-refractivity contribution in [1.82, 2.24) is 9.97 Å². The SMILES string of the molecule is CC(C)Cc1ccc(Cc2ncc(-c3cccc(N=C(N)c4cccs4)c3)[nH]2)cc1. The third-order valence-corrected chi connectivity index (χ3v) is 5.74. The molecule has 0 spiro atoms. The number of thiophene rings is 1. The maximum atomic E-state index is 6.13. The number of nitrogens with two attached hydrogens (primary N) is 1. The van der Waals surface area contributed by atoms with Gasteiger partial charge in [-0.3, -0.25) is 0 Å². The van der Waals surface area contributed by atoms with Crippen molar-refractivity contribution in [1.29, 1.82) is 0 Å².